The molecule has 2 heterocycles. The Morgan fingerprint density at radius 1 is 1.04 bits per heavy atom. The van der Waals surface area contributed by atoms with Crippen LogP contribution in [-0.2, 0) is 0 Å². The fourth-order valence-corrected chi connectivity index (χ4v) is 4.05. The molecule has 1 N–H and O–H groups in total. The van der Waals surface area contributed by atoms with Gasteiger partial charge in [-0.15, -0.1) is 11.3 Å². The summed E-state index contributed by atoms with van der Waals surface area (Å²) in [5.41, 5.74) is 3.01. The Hall–Kier alpha value is -2.50. The van der Waals surface area contributed by atoms with E-state index in [0.717, 1.165) is 31.6 Å². The molecule has 0 aliphatic carbocycles. The topological polar surface area (TPSA) is 42.0 Å². The Morgan fingerprint density at radius 3 is 2.65 bits per heavy atom. The summed E-state index contributed by atoms with van der Waals surface area (Å²) in [6.07, 6.45) is 0. The van der Waals surface area contributed by atoms with Gasteiger partial charge in [-0.25, -0.2) is 4.98 Å². The fraction of sp³-hybridized carbons (Fsp3) is 0.0476. The van der Waals surface area contributed by atoms with Crippen LogP contribution < -0.4 is 5.32 Å². The van der Waals surface area contributed by atoms with Crippen molar-refractivity contribution >= 4 is 49.8 Å². The van der Waals surface area contributed by atoms with Gasteiger partial charge in [0.15, 0.2) is 0 Å². The van der Waals surface area contributed by atoms with E-state index in [4.69, 9.17) is 4.98 Å². The molecular formula is C21H15BrN2OS. The number of rotatable bonds is 3. The number of carbonyl (C=O) groups excluding carboxylic acids is 1. The summed E-state index contributed by atoms with van der Waals surface area (Å²) in [4.78, 5) is 20.0. The molecule has 128 valence electrons. The zero-order chi connectivity index (χ0) is 18.1. The largest absolute Gasteiger partial charge is 0.322 e. The van der Waals surface area contributed by atoms with Crippen LogP contribution in [0.25, 0.3) is 21.5 Å². The lowest BCUT2D eigenvalue weighted by Crippen LogP contribution is -2.13. The first-order chi connectivity index (χ1) is 12.6. The van der Waals surface area contributed by atoms with Crippen LogP contribution in [0.5, 0.6) is 0 Å². The van der Waals surface area contributed by atoms with Gasteiger partial charge in [-0.3, -0.25) is 4.79 Å². The average Bonchev–Trinajstić information content (AvgIpc) is 3.07. The molecule has 0 bridgehead atoms. The predicted molar refractivity (Wildman–Crippen MR) is 112 cm³/mol. The number of halogens is 1. The molecule has 4 aromatic rings. The highest BCUT2D eigenvalue weighted by molar-refractivity contribution is 9.10. The van der Waals surface area contributed by atoms with Crippen molar-refractivity contribution in [3.05, 3.63) is 81.6 Å². The van der Waals surface area contributed by atoms with E-state index in [1.165, 1.54) is 4.88 Å². The van der Waals surface area contributed by atoms with Crippen LogP contribution in [0.15, 0.2) is 71.2 Å². The van der Waals surface area contributed by atoms with E-state index < -0.39 is 0 Å². The molecule has 0 unspecified atom stereocenters. The highest BCUT2D eigenvalue weighted by atomic mass is 79.9. The van der Waals surface area contributed by atoms with Gasteiger partial charge in [-0.2, -0.15) is 0 Å². The van der Waals surface area contributed by atoms with Crippen molar-refractivity contribution in [2.75, 3.05) is 5.32 Å². The maximum absolute atomic E-state index is 13.0. The first-order valence-electron chi connectivity index (χ1n) is 8.14. The van der Waals surface area contributed by atoms with Gasteiger partial charge in [-0.1, -0.05) is 40.2 Å². The molecule has 0 spiro atoms. The van der Waals surface area contributed by atoms with Crippen molar-refractivity contribution in [1.82, 2.24) is 4.98 Å². The molecule has 2 aromatic carbocycles. The second-order valence-electron chi connectivity index (χ2n) is 5.95. The minimum Gasteiger partial charge on any atom is -0.322 e. The maximum Gasteiger partial charge on any atom is 0.256 e. The van der Waals surface area contributed by atoms with Crippen molar-refractivity contribution in [2.24, 2.45) is 0 Å². The summed E-state index contributed by atoms with van der Waals surface area (Å²) in [5.74, 6) is -0.142. The third-order valence-corrected chi connectivity index (χ3v) is 5.55. The summed E-state index contributed by atoms with van der Waals surface area (Å²) in [6.45, 7) is 2.07. The molecule has 1 amide bonds. The number of hydrogen-bond acceptors (Lipinski definition) is 3. The van der Waals surface area contributed by atoms with Crippen LogP contribution in [0.3, 0.4) is 0 Å². The normalized spacial score (nSPS) is 10.8. The summed E-state index contributed by atoms with van der Waals surface area (Å²) < 4.78 is 0.921. The Balaban J connectivity index is 1.81. The third-order valence-electron chi connectivity index (χ3n) is 4.04. The molecule has 0 saturated heterocycles. The molecular weight excluding hydrogens is 408 g/mol. The number of hydrogen-bond donors (Lipinski definition) is 1. The Morgan fingerprint density at radius 2 is 1.88 bits per heavy atom. The quantitative estimate of drug-likeness (QED) is 0.421. The molecule has 0 saturated carbocycles. The number of nitrogens with zero attached hydrogens (tertiary/aromatic N) is 1. The highest BCUT2D eigenvalue weighted by Gasteiger charge is 2.15. The fourth-order valence-electron chi connectivity index (χ4n) is 2.83. The van der Waals surface area contributed by atoms with E-state index >= 15 is 0 Å². The molecule has 5 heteroatoms. The molecule has 0 fully saturated rings. The second kappa shape index (κ2) is 7.02. The average molecular weight is 423 g/mol. The number of aryl methyl sites for hydroxylation is 1. The molecule has 4 rings (SSSR count). The number of anilines is 1. The van der Waals surface area contributed by atoms with E-state index in [0.29, 0.717) is 5.56 Å². The molecule has 0 atom stereocenters. The Bertz CT molecular complexity index is 1120. The number of thiophene rings is 1. The zero-order valence-corrected chi connectivity index (χ0v) is 16.4. The molecule has 0 aliphatic rings. The second-order valence-corrected chi connectivity index (χ2v) is 8.15. The number of aromatic nitrogens is 1. The summed E-state index contributed by atoms with van der Waals surface area (Å²) >= 11 is 5.11. The lowest BCUT2D eigenvalue weighted by atomic mass is 10.1. The van der Waals surface area contributed by atoms with Crippen molar-refractivity contribution in [3.8, 4) is 10.6 Å². The number of fused-ring (bicyclic) bond motifs is 1. The number of pyridine rings is 1. The van der Waals surface area contributed by atoms with Crippen LogP contribution in [0.2, 0.25) is 0 Å². The first-order valence-corrected chi connectivity index (χ1v) is 9.74. The Kier molecular flexibility index (Phi) is 4.57. The van der Waals surface area contributed by atoms with Gasteiger partial charge < -0.3 is 5.32 Å². The van der Waals surface area contributed by atoms with Gasteiger partial charge in [0.1, 0.15) is 0 Å². The van der Waals surface area contributed by atoms with E-state index in [1.807, 2.05) is 60.7 Å². The third kappa shape index (κ3) is 3.41. The molecule has 2 aromatic heterocycles. The van der Waals surface area contributed by atoms with E-state index in [9.17, 15) is 4.79 Å². The van der Waals surface area contributed by atoms with Crippen molar-refractivity contribution < 1.29 is 4.79 Å². The number of nitrogens with one attached hydrogen (secondary N) is 1. The minimum atomic E-state index is -0.142. The zero-order valence-electron chi connectivity index (χ0n) is 14.0. The van der Waals surface area contributed by atoms with E-state index in [-0.39, 0.29) is 5.91 Å². The Labute approximate surface area is 163 Å². The molecule has 0 aliphatic heterocycles. The summed E-state index contributed by atoms with van der Waals surface area (Å²) in [6, 6.07) is 21.3. The van der Waals surface area contributed by atoms with Gasteiger partial charge in [0.2, 0.25) is 0 Å². The number of carbonyl (C=O) groups is 1. The van der Waals surface area contributed by atoms with E-state index in [2.05, 4.69) is 34.2 Å². The van der Waals surface area contributed by atoms with Crippen molar-refractivity contribution in [2.45, 2.75) is 6.92 Å². The van der Waals surface area contributed by atoms with Gasteiger partial charge in [-0.05, 0) is 49.4 Å². The lowest BCUT2D eigenvalue weighted by Gasteiger charge is -2.10. The van der Waals surface area contributed by atoms with Crippen LogP contribution in [0.4, 0.5) is 5.69 Å². The van der Waals surface area contributed by atoms with Gasteiger partial charge in [0.05, 0.1) is 21.7 Å². The molecule has 26 heavy (non-hydrogen) atoms. The van der Waals surface area contributed by atoms with Crippen molar-refractivity contribution in [1.29, 1.82) is 0 Å². The van der Waals surface area contributed by atoms with Crippen LogP contribution in [0.1, 0.15) is 15.2 Å². The number of amides is 1. The van der Waals surface area contributed by atoms with Crippen LogP contribution in [-0.4, -0.2) is 10.9 Å². The summed E-state index contributed by atoms with van der Waals surface area (Å²) in [5, 5.41) is 3.83. The minimum absolute atomic E-state index is 0.142. The van der Waals surface area contributed by atoms with Crippen molar-refractivity contribution in [3.63, 3.8) is 0 Å². The van der Waals surface area contributed by atoms with Crippen LogP contribution >= 0.6 is 27.3 Å². The standard InChI is InChI=1S/C21H15BrN2OS/c1-13-9-10-20(26-13)19-12-17(16-7-2-3-8-18(16)24-19)21(25)23-15-6-4-5-14(22)11-15/h2-12H,1H3,(H,23,25). The molecule has 3 nitrogen and oxygen atoms in total. The number of para-hydroxylation sites is 1. The van der Waals surface area contributed by atoms with Gasteiger partial charge >= 0.3 is 0 Å². The van der Waals surface area contributed by atoms with E-state index in [1.54, 1.807) is 11.3 Å². The predicted octanol–water partition coefficient (Wildman–Crippen LogP) is 6.29. The SMILES string of the molecule is Cc1ccc(-c2cc(C(=O)Nc3cccc(Br)c3)c3ccccc3n2)s1. The smallest absolute Gasteiger partial charge is 0.256 e. The maximum atomic E-state index is 13.0. The van der Waals surface area contributed by atoms with Gasteiger partial charge in [0.25, 0.3) is 5.91 Å². The highest BCUT2D eigenvalue weighted by Crippen LogP contribution is 2.30. The number of benzene rings is 2. The monoisotopic (exact) mass is 422 g/mol. The summed E-state index contributed by atoms with van der Waals surface area (Å²) in [7, 11) is 0. The van der Waals surface area contributed by atoms with Crippen LogP contribution in [0, 0.1) is 6.92 Å². The first kappa shape index (κ1) is 16.9. The lowest BCUT2D eigenvalue weighted by molar-refractivity contribution is 0.102. The molecule has 0 radical (unpaired) electrons. The van der Waals surface area contributed by atoms with Gasteiger partial charge in [0, 0.05) is 20.4 Å².